The Kier molecular flexibility index (Phi) is 4.39. The molecule has 0 aliphatic rings. The summed E-state index contributed by atoms with van der Waals surface area (Å²) >= 11 is 7.27. The van der Waals surface area contributed by atoms with Gasteiger partial charge in [0.25, 0.3) is 0 Å². The number of imidazole rings is 1. The number of nitrogens with one attached hydrogen (secondary N) is 1. The van der Waals surface area contributed by atoms with Crippen LogP contribution in [0.3, 0.4) is 0 Å². The monoisotopic (exact) mass is 379 g/mol. The molecule has 2 rings (SSSR count). The number of rotatable bonds is 4. The minimum atomic E-state index is -0.196. The van der Waals surface area contributed by atoms with Crippen LogP contribution < -0.4 is 0 Å². The van der Waals surface area contributed by atoms with Crippen LogP contribution in [0.5, 0.6) is 0 Å². The minimum Gasteiger partial charge on any atom is -0.331 e. The lowest BCUT2D eigenvalue weighted by molar-refractivity contribution is 0.387. The van der Waals surface area contributed by atoms with Gasteiger partial charge in [-0.05, 0) is 67.9 Å². The first kappa shape index (κ1) is 14.0. The number of fused-ring (bicyclic) bond motifs is 1. The average molecular weight is 379 g/mol. The Labute approximate surface area is 124 Å². The van der Waals surface area contributed by atoms with Crippen LogP contribution in [0, 0.1) is 14.2 Å². The van der Waals surface area contributed by atoms with Gasteiger partial charge in [0.15, 0.2) is 4.77 Å². The van der Waals surface area contributed by atoms with Gasteiger partial charge >= 0.3 is 0 Å². The van der Waals surface area contributed by atoms with E-state index in [2.05, 4.69) is 9.88 Å². The molecule has 0 saturated carbocycles. The lowest BCUT2D eigenvalue weighted by Gasteiger charge is -2.10. The number of aromatic amines is 1. The van der Waals surface area contributed by atoms with Gasteiger partial charge < -0.3 is 14.5 Å². The van der Waals surface area contributed by atoms with E-state index in [0.717, 1.165) is 30.5 Å². The van der Waals surface area contributed by atoms with Gasteiger partial charge in [0, 0.05) is 12.6 Å². The van der Waals surface area contributed by atoms with Crippen molar-refractivity contribution in [2.45, 2.75) is 13.0 Å². The summed E-state index contributed by atoms with van der Waals surface area (Å²) in [5, 5.41) is 0. The summed E-state index contributed by atoms with van der Waals surface area (Å²) in [5.41, 5.74) is 1.74. The quantitative estimate of drug-likeness (QED) is 0.651. The second kappa shape index (κ2) is 5.66. The molecule has 0 bridgehead atoms. The molecule has 3 nitrogen and oxygen atoms in total. The first-order valence-electron chi connectivity index (χ1n) is 5.71. The number of benzene rings is 1. The fourth-order valence-electron chi connectivity index (χ4n) is 1.92. The van der Waals surface area contributed by atoms with E-state index in [1.807, 2.05) is 41.3 Å². The van der Waals surface area contributed by atoms with Gasteiger partial charge in [0.2, 0.25) is 0 Å². The van der Waals surface area contributed by atoms with Crippen LogP contribution in [-0.4, -0.2) is 35.1 Å². The summed E-state index contributed by atoms with van der Waals surface area (Å²) in [5.74, 6) is -0.196. The lowest BCUT2D eigenvalue weighted by Crippen LogP contribution is -2.15. The molecular weight excluding hydrogens is 364 g/mol. The van der Waals surface area contributed by atoms with Crippen molar-refractivity contribution in [3.05, 3.63) is 26.3 Å². The molecule has 0 atom stereocenters. The molecule has 1 N–H and O–H groups in total. The molecule has 0 spiro atoms. The van der Waals surface area contributed by atoms with Crippen LogP contribution in [0.25, 0.3) is 11.0 Å². The molecule has 0 amide bonds. The zero-order chi connectivity index (χ0) is 13.3. The molecule has 0 radical (unpaired) electrons. The van der Waals surface area contributed by atoms with Crippen molar-refractivity contribution in [3.8, 4) is 0 Å². The molecule has 0 fully saturated rings. The summed E-state index contributed by atoms with van der Waals surface area (Å²) in [6, 6.07) is 3.35. The molecule has 1 aromatic carbocycles. The zero-order valence-electron chi connectivity index (χ0n) is 10.3. The van der Waals surface area contributed by atoms with E-state index in [-0.39, 0.29) is 5.82 Å². The maximum Gasteiger partial charge on any atom is 0.178 e. The van der Waals surface area contributed by atoms with E-state index >= 15 is 0 Å². The number of halogens is 2. The largest absolute Gasteiger partial charge is 0.331 e. The van der Waals surface area contributed by atoms with Crippen molar-refractivity contribution in [1.82, 2.24) is 14.5 Å². The Hall–Kier alpha value is -0.470. The smallest absolute Gasteiger partial charge is 0.178 e. The van der Waals surface area contributed by atoms with E-state index in [4.69, 9.17) is 12.2 Å². The highest BCUT2D eigenvalue weighted by Gasteiger charge is 2.08. The van der Waals surface area contributed by atoms with Crippen molar-refractivity contribution in [3.63, 3.8) is 0 Å². The van der Waals surface area contributed by atoms with Gasteiger partial charge in [-0.3, -0.25) is 0 Å². The van der Waals surface area contributed by atoms with E-state index in [0.29, 0.717) is 8.34 Å². The summed E-state index contributed by atoms with van der Waals surface area (Å²) < 4.78 is 16.8. The van der Waals surface area contributed by atoms with Gasteiger partial charge in [-0.2, -0.15) is 0 Å². The van der Waals surface area contributed by atoms with E-state index in [9.17, 15) is 4.39 Å². The fraction of sp³-hybridized carbons (Fsp3) is 0.417. The standard InChI is InChI=1S/C12H15FIN3S/c1-16(2)4-3-5-17-11-6-8(13)9(14)7-10(11)15-12(17)18/h6-7H,3-5H2,1-2H3,(H,15,18). The molecule has 2 aromatic rings. The third kappa shape index (κ3) is 2.92. The number of hydrogen-bond acceptors (Lipinski definition) is 2. The summed E-state index contributed by atoms with van der Waals surface area (Å²) in [4.78, 5) is 5.25. The third-order valence-corrected chi connectivity index (χ3v) is 3.95. The minimum absolute atomic E-state index is 0.196. The highest BCUT2D eigenvalue weighted by atomic mass is 127. The Morgan fingerprint density at radius 2 is 2.17 bits per heavy atom. The Balaban J connectivity index is 2.35. The first-order chi connectivity index (χ1) is 8.49. The molecule has 1 heterocycles. The second-order valence-corrected chi connectivity index (χ2v) is 6.07. The highest BCUT2D eigenvalue weighted by Crippen LogP contribution is 2.20. The summed E-state index contributed by atoms with van der Waals surface area (Å²) in [6.45, 7) is 1.79. The van der Waals surface area contributed by atoms with Crippen molar-refractivity contribution < 1.29 is 4.39 Å². The van der Waals surface area contributed by atoms with Gasteiger partial charge in [-0.25, -0.2) is 4.39 Å². The van der Waals surface area contributed by atoms with Crippen molar-refractivity contribution in [1.29, 1.82) is 0 Å². The Morgan fingerprint density at radius 1 is 1.44 bits per heavy atom. The Morgan fingerprint density at radius 3 is 2.83 bits per heavy atom. The van der Waals surface area contributed by atoms with Gasteiger partial charge in [-0.15, -0.1) is 0 Å². The predicted octanol–water partition coefficient (Wildman–Crippen LogP) is 3.39. The second-order valence-electron chi connectivity index (χ2n) is 4.52. The summed E-state index contributed by atoms with van der Waals surface area (Å²) in [6.07, 6.45) is 0.988. The summed E-state index contributed by atoms with van der Waals surface area (Å²) in [7, 11) is 4.08. The fourth-order valence-corrected chi connectivity index (χ4v) is 2.69. The first-order valence-corrected chi connectivity index (χ1v) is 7.20. The zero-order valence-corrected chi connectivity index (χ0v) is 13.3. The number of H-pyrrole nitrogens is 1. The van der Waals surface area contributed by atoms with Gasteiger partial charge in [0.05, 0.1) is 14.6 Å². The number of aryl methyl sites for hydroxylation is 1. The van der Waals surface area contributed by atoms with Crippen LogP contribution in [0.4, 0.5) is 4.39 Å². The molecular formula is C12H15FIN3S. The Bertz CT molecular complexity index is 618. The van der Waals surface area contributed by atoms with Crippen LogP contribution in [0.2, 0.25) is 0 Å². The van der Waals surface area contributed by atoms with E-state index in [1.165, 1.54) is 0 Å². The molecule has 6 heteroatoms. The lowest BCUT2D eigenvalue weighted by atomic mass is 10.3. The topological polar surface area (TPSA) is 24.0 Å². The molecule has 98 valence electrons. The van der Waals surface area contributed by atoms with Crippen LogP contribution >= 0.6 is 34.8 Å². The van der Waals surface area contributed by atoms with Gasteiger partial charge in [-0.1, -0.05) is 0 Å². The molecule has 18 heavy (non-hydrogen) atoms. The van der Waals surface area contributed by atoms with E-state index in [1.54, 1.807) is 12.1 Å². The van der Waals surface area contributed by atoms with Crippen molar-refractivity contribution in [2.75, 3.05) is 20.6 Å². The van der Waals surface area contributed by atoms with Crippen LogP contribution in [0.15, 0.2) is 12.1 Å². The molecule has 0 unspecified atom stereocenters. The van der Waals surface area contributed by atoms with Crippen LogP contribution in [-0.2, 0) is 6.54 Å². The van der Waals surface area contributed by atoms with Crippen LogP contribution in [0.1, 0.15) is 6.42 Å². The molecule has 0 aliphatic heterocycles. The van der Waals surface area contributed by atoms with Crippen molar-refractivity contribution in [2.24, 2.45) is 0 Å². The number of hydrogen-bond donors (Lipinski definition) is 1. The highest BCUT2D eigenvalue weighted by molar-refractivity contribution is 14.1. The number of aromatic nitrogens is 2. The molecule has 0 saturated heterocycles. The molecule has 1 aromatic heterocycles. The van der Waals surface area contributed by atoms with Gasteiger partial charge in [0.1, 0.15) is 5.82 Å². The number of nitrogens with zero attached hydrogens (tertiary/aromatic N) is 2. The predicted molar refractivity (Wildman–Crippen MR) is 83.0 cm³/mol. The normalized spacial score (nSPS) is 11.6. The average Bonchev–Trinajstić information content (AvgIpc) is 2.56. The molecule has 0 aliphatic carbocycles. The third-order valence-electron chi connectivity index (χ3n) is 2.80. The van der Waals surface area contributed by atoms with E-state index < -0.39 is 0 Å². The van der Waals surface area contributed by atoms with Crippen molar-refractivity contribution >= 4 is 45.8 Å². The maximum absolute atomic E-state index is 13.6. The maximum atomic E-state index is 13.6. The SMILES string of the molecule is CN(C)CCCn1c(=S)[nH]c2cc(I)c(F)cc21.